The summed E-state index contributed by atoms with van der Waals surface area (Å²) in [5.41, 5.74) is 2.01. The maximum absolute atomic E-state index is 11.0. The SMILES string of the molecule is CSc1nc(-c2cn[nH]c2C)c(C(=O)O)[nH]1. The molecule has 0 radical (unpaired) electrons. The number of aryl methyl sites for hydroxylation is 1. The number of thioether (sulfide) groups is 1. The highest BCUT2D eigenvalue weighted by molar-refractivity contribution is 7.98. The lowest BCUT2D eigenvalue weighted by atomic mass is 10.1. The molecule has 0 aromatic carbocycles. The lowest BCUT2D eigenvalue weighted by molar-refractivity contribution is 0.0691. The van der Waals surface area contributed by atoms with Crippen LogP contribution in [0.15, 0.2) is 11.4 Å². The van der Waals surface area contributed by atoms with Crippen molar-refractivity contribution in [1.82, 2.24) is 20.2 Å². The number of imidazole rings is 1. The number of aromatic carboxylic acids is 1. The largest absolute Gasteiger partial charge is 0.477 e. The Kier molecular flexibility index (Phi) is 2.69. The first kappa shape index (κ1) is 10.7. The Balaban J connectivity index is 2.59. The molecule has 2 aromatic heterocycles. The van der Waals surface area contributed by atoms with Gasteiger partial charge in [-0.25, -0.2) is 9.78 Å². The zero-order chi connectivity index (χ0) is 11.7. The van der Waals surface area contributed by atoms with Gasteiger partial charge >= 0.3 is 5.97 Å². The number of aromatic amines is 2. The van der Waals surface area contributed by atoms with Crippen molar-refractivity contribution >= 4 is 17.7 Å². The molecule has 0 bridgehead atoms. The molecule has 0 spiro atoms. The summed E-state index contributed by atoms with van der Waals surface area (Å²) in [4.78, 5) is 18.0. The lowest BCUT2D eigenvalue weighted by Crippen LogP contribution is -1.99. The average Bonchev–Trinajstić information content (AvgIpc) is 2.82. The second-order valence-electron chi connectivity index (χ2n) is 3.18. The van der Waals surface area contributed by atoms with Crippen molar-refractivity contribution in [1.29, 1.82) is 0 Å². The van der Waals surface area contributed by atoms with Crippen LogP contribution in [0.3, 0.4) is 0 Å². The Morgan fingerprint density at radius 1 is 1.56 bits per heavy atom. The van der Waals surface area contributed by atoms with Gasteiger partial charge in [0.05, 0.1) is 6.20 Å². The van der Waals surface area contributed by atoms with Crippen molar-refractivity contribution in [2.24, 2.45) is 0 Å². The molecule has 0 aliphatic rings. The Labute approximate surface area is 95.5 Å². The highest BCUT2D eigenvalue weighted by Gasteiger charge is 2.19. The molecule has 3 N–H and O–H groups in total. The number of hydrogen-bond acceptors (Lipinski definition) is 4. The topological polar surface area (TPSA) is 94.7 Å². The number of carboxylic acid groups (broad SMARTS) is 1. The Hall–Kier alpha value is -1.76. The highest BCUT2D eigenvalue weighted by Crippen LogP contribution is 2.26. The van der Waals surface area contributed by atoms with Crippen LogP contribution in [-0.4, -0.2) is 37.5 Å². The first-order valence-corrected chi connectivity index (χ1v) is 5.73. The van der Waals surface area contributed by atoms with Gasteiger partial charge in [0.25, 0.3) is 0 Å². The first-order valence-electron chi connectivity index (χ1n) is 4.51. The predicted molar refractivity (Wildman–Crippen MR) is 59.6 cm³/mol. The minimum Gasteiger partial charge on any atom is -0.477 e. The van der Waals surface area contributed by atoms with E-state index < -0.39 is 5.97 Å². The van der Waals surface area contributed by atoms with E-state index in [-0.39, 0.29) is 5.69 Å². The van der Waals surface area contributed by atoms with Crippen molar-refractivity contribution in [3.8, 4) is 11.3 Å². The summed E-state index contributed by atoms with van der Waals surface area (Å²) in [5.74, 6) is -1.02. The molecule has 2 aromatic rings. The van der Waals surface area contributed by atoms with E-state index in [1.54, 1.807) is 6.20 Å². The molecule has 0 saturated heterocycles. The van der Waals surface area contributed by atoms with Gasteiger partial charge in [0.15, 0.2) is 10.9 Å². The van der Waals surface area contributed by atoms with E-state index in [1.807, 2.05) is 13.2 Å². The number of rotatable bonds is 3. The van der Waals surface area contributed by atoms with Gasteiger partial charge in [-0.1, -0.05) is 11.8 Å². The monoisotopic (exact) mass is 238 g/mol. The van der Waals surface area contributed by atoms with Crippen LogP contribution in [0.25, 0.3) is 11.3 Å². The van der Waals surface area contributed by atoms with E-state index in [0.717, 1.165) is 5.69 Å². The first-order chi connectivity index (χ1) is 7.63. The third-order valence-electron chi connectivity index (χ3n) is 2.17. The van der Waals surface area contributed by atoms with E-state index in [9.17, 15) is 4.79 Å². The zero-order valence-corrected chi connectivity index (χ0v) is 9.55. The maximum atomic E-state index is 11.0. The molecule has 0 atom stereocenters. The maximum Gasteiger partial charge on any atom is 0.354 e. The molecule has 0 unspecified atom stereocenters. The van der Waals surface area contributed by atoms with Crippen LogP contribution in [0.4, 0.5) is 0 Å². The number of nitrogens with zero attached hydrogens (tertiary/aromatic N) is 2. The summed E-state index contributed by atoms with van der Waals surface area (Å²) in [6.07, 6.45) is 3.40. The molecule has 0 fully saturated rings. The normalized spacial score (nSPS) is 10.6. The van der Waals surface area contributed by atoms with Gasteiger partial charge in [-0.2, -0.15) is 5.10 Å². The molecule has 0 aliphatic heterocycles. The second kappa shape index (κ2) is 4.01. The summed E-state index contributed by atoms with van der Waals surface area (Å²) in [6.45, 7) is 1.82. The van der Waals surface area contributed by atoms with Crippen LogP contribution >= 0.6 is 11.8 Å². The quantitative estimate of drug-likeness (QED) is 0.705. The molecule has 84 valence electrons. The molecule has 2 heterocycles. The molecular weight excluding hydrogens is 228 g/mol. The van der Waals surface area contributed by atoms with Crippen molar-refractivity contribution in [3.63, 3.8) is 0 Å². The van der Waals surface area contributed by atoms with E-state index in [2.05, 4.69) is 20.2 Å². The average molecular weight is 238 g/mol. The van der Waals surface area contributed by atoms with Crippen LogP contribution in [-0.2, 0) is 0 Å². The fourth-order valence-corrected chi connectivity index (χ4v) is 1.77. The van der Waals surface area contributed by atoms with Crippen LogP contribution < -0.4 is 0 Å². The van der Waals surface area contributed by atoms with Crippen LogP contribution in [0.5, 0.6) is 0 Å². The number of H-pyrrole nitrogens is 2. The summed E-state index contributed by atoms with van der Waals surface area (Å²) in [6, 6.07) is 0. The molecule has 7 heteroatoms. The van der Waals surface area contributed by atoms with Gasteiger partial charge in [0.1, 0.15) is 5.69 Å². The van der Waals surface area contributed by atoms with Crippen molar-refractivity contribution in [2.45, 2.75) is 12.1 Å². The number of carbonyl (C=O) groups is 1. The number of nitrogens with one attached hydrogen (secondary N) is 2. The van der Waals surface area contributed by atoms with Gasteiger partial charge in [-0.15, -0.1) is 0 Å². The Morgan fingerprint density at radius 2 is 2.31 bits per heavy atom. The number of hydrogen-bond donors (Lipinski definition) is 3. The van der Waals surface area contributed by atoms with E-state index in [0.29, 0.717) is 16.4 Å². The minimum absolute atomic E-state index is 0.0915. The second-order valence-corrected chi connectivity index (χ2v) is 3.98. The van der Waals surface area contributed by atoms with Gasteiger partial charge in [-0.05, 0) is 13.2 Å². The van der Waals surface area contributed by atoms with E-state index >= 15 is 0 Å². The molecular formula is C9H10N4O2S. The molecule has 16 heavy (non-hydrogen) atoms. The Morgan fingerprint density at radius 3 is 2.81 bits per heavy atom. The van der Waals surface area contributed by atoms with Crippen molar-refractivity contribution < 1.29 is 9.90 Å². The smallest absolute Gasteiger partial charge is 0.354 e. The number of aromatic nitrogens is 4. The fraction of sp³-hybridized carbons (Fsp3) is 0.222. The third kappa shape index (κ3) is 1.69. The van der Waals surface area contributed by atoms with Crippen molar-refractivity contribution in [2.75, 3.05) is 6.26 Å². The van der Waals surface area contributed by atoms with Gasteiger partial charge in [0, 0.05) is 11.3 Å². The third-order valence-corrected chi connectivity index (χ3v) is 2.75. The van der Waals surface area contributed by atoms with Crippen molar-refractivity contribution in [3.05, 3.63) is 17.6 Å². The minimum atomic E-state index is -1.02. The van der Waals surface area contributed by atoms with Crippen LogP contribution in [0.1, 0.15) is 16.2 Å². The Bertz CT molecular complexity index is 531. The highest BCUT2D eigenvalue weighted by atomic mass is 32.2. The molecule has 6 nitrogen and oxygen atoms in total. The summed E-state index contributed by atoms with van der Waals surface area (Å²) >= 11 is 1.36. The standard InChI is InChI=1S/C9H10N4O2S/c1-4-5(3-10-13-4)6-7(8(14)15)12-9(11-6)16-2/h3H,1-2H3,(H,10,13)(H,11,12)(H,14,15). The summed E-state index contributed by atoms with van der Waals surface area (Å²) < 4.78 is 0. The van der Waals surface area contributed by atoms with Gasteiger partial charge < -0.3 is 10.1 Å². The summed E-state index contributed by atoms with van der Waals surface area (Å²) in [7, 11) is 0. The molecule has 2 rings (SSSR count). The predicted octanol–water partition coefficient (Wildman–Crippen LogP) is 1.53. The molecule has 0 saturated carbocycles. The number of carboxylic acids is 1. The summed E-state index contributed by atoms with van der Waals surface area (Å²) in [5, 5.41) is 16.2. The van der Waals surface area contributed by atoms with E-state index in [1.165, 1.54) is 11.8 Å². The zero-order valence-electron chi connectivity index (χ0n) is 8.74. The lowest BCUT2D eigenvalue weighted by Gasteiger charge is -1.95. The van der Waals surface area contributed by atoms with Gasteiger partial charge in [0.2, 0.25) is 0 Å². The van der Waals surface area contributed by atoms with Crippen LogP contribution in [0, 0.1) is 6.92 Å². The molecule has 0 aliphatic carbocycles. The molecule has 0 amide bonds. The van der Waals surface area contributed by atoms with Gasteiger partial charge in [-0.3, -0.25) is 5.10 Å². The van der Waals surface area contributed by atoms with Crippen LogP contribution in [0.2, 0.25) is 0 Å². The fourth-order valence-electron chi connectivity index (χ4n) is 1.39. The van der Waals surface area contributed by atoms with E-state index in [4.69, 9.17) is 5.11 Å².